The molecule has 0 radical (unpaired) electrons. The van der Waals surface area contributed by atoms with E-state index in [1.165, 1.54) is 22.3 Å². The van der Waals surface area contributed by atoms with E-state index in [-0.39, 0.29) is 16.8 Å². The Kier molecular flexibility index (Phi) is 3.08. The lowest BCUT2D eigenvalue weighted by Gasteiger charge is -2.35. The van der Waals surface area contributed by atoms with Crippen LogP contribution in [0.15, 0.2) is 35.9 Å². The molecule has 120 valence electrons. The summed E-state index contributed by atoms with van der Waals surface area (Å²) in [5.41, 5.74) is 6.57. The predicted molar refractivity (Wildman–Crippen MR) is 91.5 cm³/mol. The second-order valence-corrected chi connectivity index (χ2v) is 7.02. The molecule has 0 heterocycles. The Labute approximate surface area is 141 Å². The van der Waals surface area contributed by atoms with Crippen molar-refractivity contribution in [1.82, 2.24) is 0 Å². The summed E-state index contributed by atoms with van der Waals surface area (Å²) in [5.74, 6) is 0.487. The normalized spacial score (nSPS) is 17.0. The van der Waals surface area contributed by atoms with Crippen molar-refractivity contribution in [3.05, 3.63) is 69.5 Å². The Morgan fingerprint density at radius 1 is 1.17 bits per heavy atom. The molecule has 0 atom stereocenters. The molecule has 0 saturated carbocycles. The van der Waals surface area contributed by atoms with Gasteiger partial charge in [0.2, 0.25) is 0 Å². The first-order valence-electron chi connectivity index (χ1n) is 8.09. The minimum absolute atomic E-state index is 0.130. The van der Waals surface area contributed by atoms with Crippen LogP contribution >= 0.6 is 0 Å². The summed E-state index contributed by atoms with van der Waals surface area (Å²) in [6, 6.07) is 11.6. The molecule has 0 fully saturated rings. The van der Waals surface area contributed by atoms with Crippen molar-refractivity contribution in [2.45, 2.75) is 32.1 Å². The molecular weight excluding hydrogens is 301 g/mol. The van der Waals surface area contributed by atoms with E-state index in [0.29, 0.717) is 12.0 Å². The molecule has 0 aliphatic heterocycles. The third-order valence-electron chi connectivity index (χ3n) is 5.52. The molecule has 0 amide bonds. The quantitative estimate of drug-likeness (QED) is 0.772. The van der Waals surface area contributed by atoms with Crippen LogP contribution in [0.3, 0.4) is 0 Å². The molecule has 2 aliphatic carbocycles. The molecule has 2 aromatic rings. The molecule has 24 heavy (non-hydrogen) atoms. The third-order valence-corrected chi connectivity index (χ3v) is 5.52. The standard InChI is InChI=1S/C21H18FNO/c1-21(2)18-9-14(24-3)6-4-12(18)8-16-15-7-5-13(11-23)20(22)17(15)10-19(16)21/h4-7,9H,8,10H2,1-3H3. The van der Waals surface area contributed by atoms with Gasteiger partial charge < -0.3 is 4.74 Å². The second kappa shape index (κ2) is 4.95. The first kappa shape index (κ1) is 15.0. The number of benzene rings is 2. The SMILES string of the molecule is COc1ccc2c(c1)C(C)(C)C1=C(C2)c2ccc(C#N)c(F)c2C1. The molecule has 3 heteroatoms. The molecule has 0 bridgehead atoms. The minimum Gasteiger partial charge on any atom is -0.497 e. The van der Waals surface area contributed by atoms with E-state index in [2.05, 4.69) is 26.0 Å². The van der Waals surface area contributed by atoms with E-state index in [0.717, 1.165) is 17.7 Å². The zero-order valence-electron chi connectivity index (χ0n) is 14.0. The number of methoxy groups -OCH3 is 1. The summed E-state index contributed by atoms with van der Waals surface area (Å²) >= 11 is 0. The summed E-state index contributed by atoms with van der Waals surface area (Å²) < 4.78 is 20.0. The molecule has 0 N–H and O–H groups in total. The molecule has 0 spiro atoms. The Hall–Kier alpha value is -2.60. The molecule has 4 rings (SSSR count). The molecule has 0 aromatic heterocycles. The lowest BCUT2D eigenvalue weighted by Crippen LogP contribution is -2.26. The maximum Gasteiger partial charge on any atom is 0.145 e. The highest BCUT2D eigenvalue weighted by Crippen LogP contribution is 2.50. The van der Waals surface area contributed by atoms with Gasteiger partial charge in [-0.15, -0.1) is 0 Å². The lowest BCUT2D eigenvalue weighted by molar-refractivity contribution is 0.412. The van der Waals surface area contributed by atoms with Crippen LogP contribution in [0.25, 0.3) is 5.57 Å². The van der Waals surface area contributed by atoms with Crippen LogP contribution in [0.5, 0.6) is 5.75 Å². The Morgan fingerprint density at radius 2 is 1.96 bits per heavy atom. The van der Waals surface area contributed by atoms with Crippen LogP contribution in [0.1, 0.15) is 41.7 Å². The summed E-state index contributed by atoms with van der Waals surface area (Å²) in [6.07, 6.45) is 1.38. The third kappa shape index (κ3) is 1.86. The average Bonchev–Trinajstić information content (AvgIpc) is 2.96. The maximum atomic E-state index is 14.6. The molecule has 0 saturated heterocycles. The van der Waals surface area contributed by atoms with Gasteiger partial charge in [0.25, 0.3) is 0 Å². The zero-order valence-corrected chi connectivity index (χ0v) is 14.0. The van der Waals surface area contributed by atoms with Crippen molar-refractivity contribution < 1.29 is 9.13 Å². The topological polar surface area (TPSA) is 33.0 Å². The van der Waals surface area contributed by atoms with Gasteiger partial charge in [0.1, 0.15) is 17.6 Å². The monoisotopic (exact) mass is 319 g/mol. The van der Waals surface area contributed by atoms with Crippen LogP contribution < -0.4 is 4.74 Å². The summed E-state index contributed by atoms with van der Waals surface area (Å²) in [6.45, 7) is 4.38. The summed E-state index contributed by atoms with van der Waals surface area (Å²) in [7, 11) is 1.67. The van der Waals surface area contributed by atoms with Crippen LogP contribution in [0.4, 0.5) is 4.39 Å². The van der Waals surface area contributed by atoms with Crippen molar-refractivity contribution in [1.29, 1.82) is 5.26 Å². The average molecular weight is 319 g/mol. The van der Waals surface area contributed by atoms with Crippen LogP contribution in [0, 0.1) is 17.1 Å². The highest BCUT2D eigenvalue weighted by molar-refractivity contribution is 5.83. The van der Waals surface area contributed by atoms with E-state index in [4.69, 9.17) is 10.00 Å². The molecule has 0 unspecified atom stereocenters. The first-order chi connectivity index (χ1) is 11.5. The number of ether oxygens (including phenoxy) is 1. The van der Waals surface area contributed by atoms with Gasteiger partial charge in [-0.05, 0) is 53.3 Å². The van der Waals surface area contributed by atoms with Crippen LogP contribution in [0.2, 0.25) is 0 Å². The Balaban J connectivity index is 1.89. The van der Waals surface area contributed by atoms with Crippen LogP contribution in [-0.2, 0) is 18.3 Å². The van der Waals surface area contributed by atoms with Gasteiger partial charge in [0, 0.05) is 11.0 Å². The van der Waals surface area contributed by atoms with E-state index in [9.17, 15) is 4.39 Å². The number of hydrogen-bond acceptors (Lipinski definition) is 2. The molecule has 2 nitrogen and oxygen atoms in total. The lowest BCUT2D eigenvalue weighted by atomic mass is 9.69. The molecule has 2 aliphatic rings. The fourth-order valence-electron chi connectivity index (χ4n) is 4.18. The van der Waals surface area contributed by atoms with Crippen molar-refractivity contribution in [3.63, 3.8) is 0 Å². The Morgan fingerprint density at radius 3 is 2.67 bits per heavy atom. The largest absolute Gasteiger partial charge is 0.497 e. The van der Waals surface area contributed by atoms with Crippen molar-refractivity contribution in [2.75, 3.05) is 7.11 Å². The van der Waals surface area contributed by atoms with E-state index >= 15 is 0 Å². The number of nitrogens with zero attached hydrogens (tertiary/aromatic N) is 1. The summed E-state index contributed by atoms with van der Waals surface area (Å²) in [4.78, 5) is 0. The minimum atomic E-state index is -0.359. The number of fused-ring (bicyclic) bond motifs is 3. The predicted octanol–water partition coefficient (Wildman–Crippen LogP) is 4.55. The highest BCUT2D eigenvalue weighted by atomic mass is 19.1. The fraction of sp³-hybridized carbons (Fsp3) is 0.286. The zero-order chi connectivity index (χ0) is 17.1. The summed E-state index contributed by atoms with van der Waals surface area (Å²) in [5, 5.41) is 9.09. The second-order valence-electron chi connectivity index (χ2n) is 7.02. The fourth-order valence-corrected chi connectivity index (χ4v) is 4.18. The first-order valence-corrected chi connectivity index (χ1v) is 8.09. The maximum absolute atomic E-state index is 14.6. The van der Waals surface area contributed by atoms with Gasteiger partial charge in [0.05, 0.1) is 12.7 Å². The van der Waals surface area contributed by atoms with Crippen LogP contribution in [-0.4, -0.2) is 7.11 Å². The number of allylic oxidation sites excluding steroid dienone is 2. The van der Waals surface area contributed by atoms with Crippen molar-refractivity contribution >= 4 is 5.57 Å². The van der Waals surface area contributed by atoms with Crippen molar-refractivity contribution in [3.8, 4) is 11.8 Å². The van der Waals surface area contributed by atoms with Gasteiger partial charge in [0.15, 0.2) is 0 Å². The van der Waals surface area contributed by atoms with Gasteiger partial charge in [-0.2, -0.15) is 5.26 Å². The van der Waals surface area contributed by atoms with E-state index < -0.39 is 0 Å². The van der Waals surface area contributed by atoms with Gasteiger partial charge in [-0.1, -0.05) is 31.6 Å². The van der Waals surface area contributed by atoms with E-state index in [1.54, 1.807) is 13.2 Å². The molecular formula is C21H18FNO. The number of hydrogen-bond donors (Lipinski definition) is 0. The van der Waals surface area contributed by atoms with E-state index in [1.807, 2.05) is 18.2 Å². The van der Waals surface area contributed by atoms with Gasteiger partial charge >= 0.3 is 0 Å². The van der Waals surface area contributed by atoms with Crippen molar-refractivity contribution in [2.24, 2.45) is 0 Å². The number of halogens is 1. The van der Waals surface area contributed by atoms with Gasteiger partial charge in [-0.3, -0.25) is 0 Å². The molecule has 2 aromatic carbocycles. The number of rotatable bonds is 1. The Bertz CT molecular complexity index is 947. The highest BCUT2D eigenvalue weighted by Gasteiger charge is 2.39. The number of nitriles is 1. The van der Waals surface area contributed by atoms with Gasteiger partial charge in [-0.25, -0.2) is 4.39 Å². The smallest absolute Gasteiger partial charge is 0.145 e.